The van der Waals surface area contributed by atoms with Gasteiger partial charge in [-0.1, -0.05) is 32.9 Å². The first-order valence-electron chi connectivity index (χ1n) is 17.6. The normalized spacial score (nSPS) is 11.0. The lowest BCUT2D eigenvalue weighted by molar-refractivity contribution is -0.156. The zero-order chi connectivity index (χ0) is 42.5. The van der Waals surface area contributed by atoms with E-state index in [0.717, 1.165) is 30.4 Å². The van der Waals surface area contributed by atoms with E-state index in [4.69, 9.17) is 61.6 Å². The van der Waals surface area contributed by atoms with Crippen LogP contribution in [0, 0.1) is 10.8 Å². The van der Waals surface area contributed by atoms with Crippen molar-refractivity contribution in [3.63, 3.8) is 0 Å². The number of carbonyl (C=O) groups is 6. The van der Waals surface area contributed by atoms with Crippen molar-refractivity contribution in [1.29, 1.82) is 0 Å². The SMILES string of the molecule is C=CC(=O)OCCOCC(COCCOC=O)(COCCOC(=O)C=C)COCC(COCCOC(=O)C=C)(COCCOC(=O)C=C)COCCOC(=O)C=C. The van der Waals surface area contributed by atoms with Gasteiger partial charge in [0.2, 0.25) is 0 Å². The quantitative estimate of drug-likeness (QED) is 0.0275. The Morgan fingerprint density at radius 3 is 0.754 bits per heavy atom. The summed E-state index contributed by atoms with van der Waals surface area (Å²) in [4.78, 5) is 68.4. The van der Waals surface area contributed by atoms with Gasteiger partial charge in [0.1, 0.15) is 39.6 Å². The van der Waals surface area contributed by atoms with Crippen LogP contribution in [0.3, 0.4) is 0 Å². The molecule has 0 aromatic rings. The maximum atomic E-state index is 11.5. The van der Waals surface area contributed by atoms with Crippen LogP contribution in [0.1, 0.15) is 0 Å². The Kier molecular flexibility index (Phi) is 31.6. The topological polar surface area (TPSA) is 222 Å². The molecule has 19 heteroatoms. The lowest BCUT2D eigenvalue weighted by Gasteiger charge is -2.36. The van der Waals surface area contributed by atoms with Gasteiger partial charge in [0.05, 0.1) is 103 Å². The molecule has 0 unspecified atom stereocenters. The summed E-state index contributed by atoms with van der Waals surface area (Å²) >= 11 is 0. The standard InChI is InChI=1S/C38H56O19/c1-6-32(40)53-18-13-46-24-37(23-45-11-12-51-31-39,25-47-14-19-54-33(41)7-2)29-52-30-38(26-48-15-20-55-34(42)8-3,27-49-16-21-56-35(43)9-4)28-50-17-22-57-36(44)10-5/h6-10,31H,1-5,11-30H2. The molecule has 0 N–H and O–H groups in total. The molecule has 0 aromatic carbocycles. The fraction of sp³-hybridized carbons (Fsp3) is 0.579. The van der Waals surface area contributed by atoms with Crippen LogP contribution in [-0.4, -0.2) is 168 Å². The van der Waals surface area contributed by atoms with Crippen LogP contribution in [0.2, 0.25) is 0 Å². The third kappa shape index (κ3) is 28.3. The van der Waals surface area contributed by atoms with Gasteiger partial charge in [-0.2, -0.15) is 0 Å². The van der Waals surface area contributed by atoms with E-state index in [2.05, 4.69) is 32.9 Å². The van der Waals surface area contributed by atoms with Crippen molar-refractivity contribution >= 4 is 36.3 Å². The highest BCUT2D eigenvalue weighted by molar-refractivity contribution is 5.82. The molecule has 0 fully saturated rings. The molecule has 0 spiro atoms. The lowest BCUT2D eigenvalue weighted by atomic mass is 9.90. The van der Waals surface area contributed by atoms with Crippen LogP contribution >= 0.6 is 0 Å². The minimum atomic E-state index is -1.09. The molecule has 0 atom stereocenters. The van der Waals surface area contributed by atoms with Gasteiger partial charge >= 0.3 is 29.8 Å². The number of esters is 5. The molecule has 19 nitrogen and oxygen atoms in total. The van der Waals surface area contributed by atoms with Gasteiger partial charge in [0.15, 0.2) is 0 Å². The van der Waals surface area contributed by atoms with E-state index in [0.29, 0.717) is 0 Å². The first-order valence-corrected chi connectivity index (χ1v) is 17.6. The molecule has 0 rings (SSSR count). The maximum absolute atomic E-state index is 11.5. The highest BCUT2D eigenvalue weighted by Crippen LogP contribution is 2.25. The monoisotopic (exact) mass is 816 g/mol. The molecule has 0 aliphatic heterocycles. The van der Waals surface area contributed by atoms with Crippen LogP contribution in [0.4, 0.5) is 0 Å². The number of hydrogen-bond acceptors (Lipinski definition) is 19. The highest BCUT2D eigenvalue weighted by Gasteiger charge is 2.37. The molecule has 0 saturated heterocycles. The van der Waals surface area contributed by atoms with E-state index >= 15 is 0 Å². The zero-order valence-corrected chi connectivity index (χ0v) is 32.4. The van der Waals surface area contributed by atoms with Gasteiger partial charge in [-0.15, -0.1) is 0 Å². The Morgan fingerprint density at radius 2 is 0.544 bits per heavy atom. The van der Waals surface area contributed by atoms with E-state index < -0.39 is 40.7 Å². The van der Waals surface area contributed by atoms with Crippen molar-refractivity contribution in [3.8, 4) is 0 Å². The number of hydrogen-bond donors (Lipinski definition) is 0. The van der Waals surface area contributed by atoms with Gasteiger partial charge in [0, 0.05) is 30.4 Å². The molecule has 0 aliphatic rings. The Labute approximate surface area is 332 Å². The Hall–Kier alpha value is -4.76. The number of carbonyl (C=O) groups excluding carboxylic acids is 6. The highest BCUT2D eigenvalue weighted by atomic mass is 16.6. The van der Waals surface area contributed by atoms with Crippen LogP contribution in [0.5, 0.6) is 0 Å². The Bertz CT molecular complexity index is 1130. The van der Waals surface area contributed by atoms with Crippen LogP contribution in [-0.2, 0) is 90.3 Å². The van der Waals surface area contributed by atoms with Gasteiger partial charge < -0.3 is 61.6 Å². The second-order valence-corrected chi connectivity index (χ2v) is 11.6. The second-order valence-electron chi connectivity index (χ2n) is 11.6. The van der Waals surface area contributed by atoms with Crippen molar-refractivity contribution in [1.82, 2.24) is 0 Å². The van der Waals surface area contributed by atoms with Gasteiger partial charge in [-0.25, -0.2) is 24.0 Å². The van der Waals surface area contributed by atoms with Crippen molar-refractivity contribution < 1.29 is 90.3 Å². The molecule has 0 saturated carbocycles. The van der Waals surface area contributed by atoms with E-state index in [1.165, 1.54) is 0 Å². The molecule has 0 aromatic heterocycles. The molecular formula is C38H56O19. The summed E-state index contributed by atoms with van der Waals surface area (Å²) in [5, 5.41) is 0. The molecule has 0 radical (unpaired) electrons. The van der Waals surface area contributed by atoms with E-state index in [9.17, 15) is 28.8 Å². The summed E-state index contributed by atoms with van der Waals surface area (Å²) in [7, 11) is 0. The summed E-state index contributed by atoms with van der Waals surface area (Å²) in [5.74, 6) is -3.18. The minimum Gasteiger partial charge on any atom is -0.465 e. The van der Waals surface area contributed by atoms with Gasteiger partial charge in [-0.3, -0.25) is 4.79 Å². The molecule has 322 valence electrons. The first kappa shape index (κ1) is 52.2. The van der Waals surface area contributed by atoms with E-state index in [1.807, 2.05) is 0 Å². The molecule has 0 amide bonds. The van der Waals surface area contributed by atoms with Crippen LogP contribution < -0.4 is 0 Å². The Balaban J connectivity index is 6.34. The predicted octanol–water partition coefficient (Wildman–Crippen LogP) is 0.894. The van der Waals surface area contributed by atoms with E-state index in [1.54, 1.807) is 0 Å². The predicted molar refractivity (Wildman–Crippen MR) is 198 cm³/mol. The summed E-state index contributed by atoms with van der Waals surface area (Å²) in [5.41, 5.74) is -2.16. The van der Waals surface area contributed by atoms with Crippen LogP contribution in [0.15, 0.2) is 63.3 Å². The van der Waals surface area contributed by atoms with Crippen LogP contribution in [0.25, 0.3) is 0 Å². The summed E-state index contributed by atoms with van der Waals surface area (Å²) in [6.07, 6.45) is 5.06. The third-order valence-electron chi connectivity index (χ3n) is 6.87. The zero-order valence-electron chi connectivity index (χ0n) is 32.4. The second kappa shape index (κ2) is 34.5. The van der Waals surface area contributed by atoms with Gasteiger partial charge in [0.25, 0.3) is 6.47 Å². The van der Waals surface area contributed by atoms with Crippen molar-refractivity contribution in [2.24, 2.45) is 10.8 Å². The number of ether oxygens (including phenoxy) is 13. The largest absolute Gasteiger partial charge is 0.465 e. The molecule has 57 heavy (non-hydrogen) atoms. The van der Waals surface area contributed by atoms with Crippen molar-refractivity contribution in [2.75, 3.05) is 132 Å². The third-order valence-corrected chi connectivity index (χ3v) is 6.87. The summed E-state index contributed by atoms with van der Waals surface area (Å²) in [6, 6.07) is 0. The summed E-state index contributed by atoms with van der Waals surface area (Å²) in [6.45, 7) is 15.9. The molecule has 0 bridgehead atoms. The Morgan fingerprint density at radius 1 is 0.333 bits per heavy atom. The smallest absolute Gasteiger partial charge is 0.330 e. The summed E-state index contributed by atoms with van der Waals surface area (Å²) < 4.78 is 71.3. The average molecular weight is 817 g/mol. The molecular weight excluding hydrogens is 760 g/mol. The fourth-order valence-electron chi connectivity index (χ4n) is 4.17. The minimum absolute atomic E-state index is 0.0110. The fourth-order valence-corrected chi connectivity index (χ4v) is 4.17. The van der Waals surface area contributed by atoms with Gasteiger partial charge in [-0.05, 0) is 0 Å². The number of rotatable bonds is 40. The van der Waals surface area contributed by atoms with Crippen molar-refractivity contribution in [2.45, 2.75) is 0 Å². The lowest BCUT2D eigenvalue weighted by Crippen LogP contribution is -2.46. The maximum Gasteiger partial charge on any atom is 0.330 e. The first-order chi connectivity index (χ1) is 27.5. The average Bonchev–Trinajstić information content (AvgIpc) is 3.22. The molecule has 0 heterocycles. The van der Waals surface area contributed by atoms with E-state index in [-0.39, 0.29) is 139 Å². The molecule has 0 aliphatic carbocycles. The van der Waals surface area contributed by atoms with Crippen molar-refractivity contribution in [3.05, 3.63) is 63.3 Å².